The molecule has 0 aliphatic rings. The molecule has 202 valence electrons. The third kappa shape index (κ3) is 7.14. The summed E-state index contributed by atoms with van der Waals surface area (Å²) in [5, 5.41) is 3.24. The van der Waals surface area contributed by atoms with Crippen molar-refractivity contribution in [1.29, 1.82) is 0 Å². The van der Waals surface area contributed by atoms with E-state index in [9.17, 15) is 18.0 Å². The van der Waals surface area contributed by atoms with Crippen LogP contribution in [0.2, 0.25) is 5.02 Å². The number of nitrogens with one attached hydrogen (secondary N) is 1. The molecular weight excluding hydrogens is 522 g/mol. The van der Waals surface area contributed by atoms with E-state index in [1.807, 2.05) is 45.0 Å². The summed E-state index contributed by atoms with van der Waals surface area (Å²) in [6, 6.07) is 19.5. The highest BCUT2D eigenvalue weighted by Crippen LogP contribution is 2.26. The zero-order valence-electron chi connectivity index (χ0n) is 22.1. The fourth-order valence-electron chi connectivity index (χ4n) is 3.92. The van der Waals surface area contributed by atoms with Crippen LogP contribution in [0.1, 0.15) is 37.0 Å². The van der Waals surface area contributed by atoms with Gasteiger partial charge in [0.25, 0.3) is 10.0 Å². The van der Waals surface area contributed by atoms with Gasteiger partial charge in [0.05, 0.1) is 10.6 Å². The van der Waals surface area contributed by atoms with Crippen molar-refractivity contribution in [2.45, 2.75) is 51.6 Å². The lowest BCUT2D eigenvalue weighted by Gasteiger charge is -2.32. The van der Waals surface area contributed by atoms with Gasteiger partial charge in [-0.25, -0.2) is 8.42 Å². The van der Waals surface area contributed by atoms with Gasteiger partial charge in [-0.2, -0.15) is 0 Å². The van der Waals surface area contributed by atoms with Gasteiger partial charge in [0, 0.05) is 18.1 Å². The molecule has 1 N–H and O–H groups in total. The summed E-state index contributed by atoms with van der Waals surface area (Å²) in [4.78, 5) is 28.2. The van der Waals surface area contributed by atoms with Gasteiger partial charge in [0.15, 0.2) is 0 Å². The van der Waals surface area contributed by atoms with E-state index >= 15 is 0 Å². The summed E-state index contributed by atoms with van der Waals surface area (Å²) in [6.45, 7) is 7.60. The molecule has 2 amide bonds. The van der Waals surface area contributed by atoms with Gasteiger partial charge in [-0.15, -0.1) is 0 Å². The molecule has 9 heteroatoms. The molecule has 7 nitrogen and oxygen atoms in total. The van der Waals surface area contributed by atoms with E-state index in [2.05, 4.69) is 5.32 Å². The Morgan fingerprint density at radius 2 is 1.58 bits per heavy atom. The van der Waals surface area contributed by atoms with Crippen LogP contribution in [0.3, 0.4) is 0 Å². The molecule has 3 aromatic rings. The monoisotopic (exact) mass is 555 g/mol. The fraction of sp³-hybridized carbons (Fsp3) is 0.310. The minimum Gasteiger partial charge on any atom is -0.354 e. The lowest BCUT2D eigenvalue weighted by atomic mass is 10.1. The van der Waals surface area contributed by atoms with Crippen LogP contribution in [0.15, 0.2) is 77.7 Å². The lowest BCUT2D eigenvalue weighted by Crippen LogP contribution is -2.51. The zero-order valence-corrected chi connectivity index (χ0v) is 23.7. The smallest absolute Gasteiger partial charge is 0.264 e. The maximum atomic E-state index is 13.9. The van der Waals surface area contributed by atoms with Crippen LogP contribution in [-0.2, 0) is 26.2 Å². The van der Waals surface area contributed by atoms with E-state index in [-0.39, 0.29) is 17.3 Å². The Labute approximate surface area is 230 Å². The molecule has 0 saturated carbocycles. The Balaban J connectivity index is 2.02. The number of halogens is 1. The molecule has 0 spiro atoms. The van der Waals surface area contributed by atoms with Crippen LogP contribution < -0.4 is 9.62 Å². The number of rotatable bonds is 11. The molecule has 0 aliphatic heterocycles. The number of sulfonamides is 1. The zero-order chi connectivity index (χ0) is 27.9. The number of hydrogen-bond donors (Lipinski definition) is 1. The molecule has 3 aromatic carbocycles. The molecule has 1 unspecified atom stereocenters. The predicted molar refractivity (Wildman–Crippen MR) is 152 cm³/mol. The van der Waals surface area contributed by atoms with Crippen LogP contribution in [-0.4, -0.2) is 44.3 Å². The first-order valence-corrected chi connectivity index (χ1v) is 14.3. The summed E-state index contributed by atoms with van der Waals surface area (Å²) in [5.74, 6) is -0.790. The average Bonchev–Trinajstić information content (AvgIpc) is 2.90. The Bertz CT molecular complexity index is 1360. The molecule has 0 aromatic heterocycles. The fourth-order valence-corrected chi connectivity index (χ4v) is 5.46. The first kappa shape index (κ1) is 29.2. The minimum atomic E-state index is -4.13. The third-order valence-corrected chi connectivity index (χ3v) is 8.36. The van der Waals surface area contributed by atoms with Gasteiger partial charge >= 0.3 is 0 Å². The van der Waals surface area contributed by atoms with Crippen molar-refractivity contribution in [2.24, 2.45) is 0 Å². The molecule has 3 rings (SSSR count). The molecule has 0 saturated heterocycles. The average molecular weight is 556 g/mol. The van der Waals surface area contributed by atoms with Gasteiger partial charge < -0.3 is 10.2 Å². The van der Waals surface area contributed by atoms with Gasteiger partial charge in [-0.05, 0) is 74.7 Å². The molecule has 1 atom stereocenters. The number of carbonyl (C=O) groups excluding carboxylic acids is 2. The number of anilines is 1. The van der Waals surface area contributed by atoms with Gasteiger partial charge in [-0.1, -0.05) is 60.5 Å². The summed E-state index contributed by atoms with van der Waals surface area (Å²) in [5.41, 5.74) is 3.14. The highest BCUT2D eigenvalue weighted by Gasteiger charge is 2.32. The molecule has 0 bridgehead atoms. The quantitative estimate of drug-likeness (QED) is 0.357. The lowest BCUT2D eigenvalue weighted by molar-refractivity contribution is -0.139. The highest BCUT2D eigenvalue weighted by molar-refractivity contribution is 7.92. The van der Waals surface area contributed by atoms with E-state index < -0.39 is 28.5 Å². The number of aryl methyl sites for hydroxylation is 2. The Morgan fingerprint density at radius 1 is 0.947 bits per heavy atom. The number of nitrogens with zero attached hydrogens (tertiary/aromatic N) is 2. The second-order valence-electron chi connectivity index (χ2n) is 9.22. The maximum Gasteiger partial charge on any atom is 0.264 e. The van der Waals surface area contributed by atoms with E-state index in [4.69, 9.17) is 11.6 Å². The molecular formula is C29H34ClN3O4S. The second kappa shape index (κ2) is 12.9. The Hall–Kier alpha value is -3.36. The Kier molecular flexibility index (Phi) is 9.94. The van der Waals surface area contributed by atoms with Crippen molar-refractivity contribution in [3.05, 3.63) is 94.5 Å². The molecule has 0 heterocycles. The predicted octanol–water partition coefficient (Wildman–Crippen LogP) is 5.10. The van der Waals surface area contributed by atoms with Crippen LogP contribution >= 0.6 is 11.6 Å². The van der Waals surface area contributed by atoms with Gasteiger partial charge in [0.1, 0.15) is 12.6 Å². The first-order chi connectivity index (χ1) is 18.0. The number of benzene rings is 3. The standard InChI is InChI=1S/C29H34ClN3O4S/c1-5-18-31-29(35)23(4)32(19-24-9-7-6-8-22(24)3)28(34)20-33(26-14-10-21(2)11-15-26)38(36,37)27-16-12-25(30)13-17-27/h6-17,23H,5,18-20H2,1-4H3,(H,31,35). The van der Waals surface area contributed by atoms with E-state index in [1.165, 1.54) is 29.2 Å². The normalized spacial score (nSPS) is 12.0. The summed E-state index contributed by atoms with van der Waals surface area (Å²) < 4.78 is 28.6. The summed E-state index contributed by atoms with van der Waals surface area (Å²) in [6.07, 6.45) is 0.755. The Morgan fingerprint density at radius 3 is 2.18 bits per heavy atom. The number of hydrogen-bond acceptors (Lipinski definition) is 4. The van der Waals surface area contributed by atoms with E-state index in [1.54, 1.807) is 31.2 Å². The van der Waals surface area contributed by atoms with Crippen LogP contribution in [0.5, 0.6) is 0 Å². The highest BCUT2D eigenvalue weighted by atomic mass is 35.5. The molecule has 0 aliphatic carbocycles. The van der Waals surface area contributed by atoms with E-state index in [0.717, 1.165) is 27.4 Å². The minimum absolute atomic E-state index is 0.00876. The second-order valence-corrected chi connectivity index (χ2v) is 11.5. The van der Waals surface area contributed by atoms with Crippen molar-refractivity contribution in [3.8, 4) is 0 Å². The van der Waals surface area contributed by atoms with Crippen molar-refractivity contribution < 1.29 is 18.0 Å². The summed E-state index contributed by atoms with van der Waals surface area (Å²) in [7, 11) is -4.13. The molecule has 0 fully saturated rings. The van der Waals surface area contributed by atoms with Crippen LogP contribution in [0.25, 0.3) is 0 Å². The van der Waals surface area contributed by atoms with Gasteiger partial charge in [0.2, 0.25) is 11.8 Å². The molecule has 0 radical (unpaired) electrons. The van der Waals surface area contributed by atoms with Crippen molar-refractivity contribution in [2.75, 3.05) is 17.4 Å². The van der Waals surface area contributed by atoms with Crippen molar-refractivity contribution in [1.82, 2.24) is 10.2 Å². The third-order valence-electron chi connectivity index (χ3n) is 6.32. The largest absolute Gasteiger partial charge is 0.354 e. The van der Waals surface area contributed by atoms with Crippen molar-refractivity contribution >= 4 is 39.1 Å². The van der Waals surface area contributed by atoms with Crippen molar-refractivity contribution in [3.63, 3.8) is 0 Å². The first-order valence-electron chi connectivity index (χ1n) is 12.5. The van der Waals surface area contributed by atoms with Gasteiger partial charge in [-0.3, -0.25) is 13.9 Å². The SMILES string of the molecule is CCCNC(=O)C(C)N(Cc1ccccc1C)C(=O)CN(c1ccc(C)cc1)S(=O)(=O)c1ccc(Cl)cc1. The van der Waals surface area contributed by atoms with E-state index in [0.29, 0.717) is 17.3 Å². The summed E-state index contributed by atoms with van der Waals surface area (Å²) >= 11 is 5.98. The maximum absolute atomic E-state index is 13.9. The number of carbonyl (C=O) groups is 2. The topological polar surface area (TPSA) is 86.8 Å². The molecule has 38 heavy (non-hydrogen) atoms. The van der Waals surface area contributed by atoms with Crippen LogP contribution in [0.4, 0.5) is 5.69 Å². The number of amides is 2. The van der Waals surface area contributed by atoms with Crippen LogP contribution in [0, 0.1) is 13.8 Å².